The van der Waals surface area contributed by atoms with Gasteiger partial charge in [0.15, 0.2) is 5.16 Å². The van der Waals surface area contributed by atoms with E-state index in [-0.39, 0.29) is 18.3 Å². The van der Waals surface area contributed by atoms with Crippen LogP contribution in [0, 0.1) is 5.82 Å². The lowest BCUT2D eigenvalue weighted by Gasteiger charge is -2.16. The summed E-state index contributed by atoms with van der Waals surface area (Å²) < 4.78 is 14.6. The second-order valence-corrected chi connectivity index (χ2v) is 6.86. The number of halogens is 1. The standard InChI is InChI=1S/C20H16FN3OS/c1-26-20-22-9-16(10-23-20)13-6-7-15(18(21)8-13)12-24-11-14-4-2-3-5-17(14)19(24)25/h2-10H,11-12H2,1H3. The number of thioether (sulfide) groups is 1. The molecule has 0 aliphatic carbocycles. The number of carbonyl (C=O) groups is 1. The van der Waals surface area contributed by atoms with Crippen LogP contribution in [0.25, 0.3) is 11.1 Å². The molecule has 0 N–H and O–H groups in total. The zero-order valence-electron chi connectivity index (χ0n) is 14.1. The number of benzene rings is 2. The molecule has 1 aliphatic heterocycles. The van der Waals surface area contributed by atoms with Crippen molar-refractivity contribution < 1.29 is 9.18 Å². The van der Waals surface area contributed by atoms with Crippen LogP contribution in [0.5, 0.6) is 0 Å². The Hall–Kier alpha value is -2.73. The van der Waals surface area contributed by atoms with Crippen LogP contribution in [0.3, 0.4) is 0 Å². The lowest BCUT2D eigenvalue weighted by atomic mass is 10.1. The molecule has 26 heavy (non-hydrogen) atoms. The summed E-state index contributed by atoms with van der Waals surface area (Å²) in [5, 5.41) is 0.679. The van der Waals surface area contributed by atoms with E-state index in [4.69, 9.17) is 0 Å². The highest BCUT2D eigenvalue weighted by molar-refractivity contribution is 7.98. The molecule has 6 heteroatoms. The van der Waals surface area contributed by atoms with E-state index in [1.165, 1.54) is 17.8 Å². The van der Waals surface area contributed by atoms with Crippen molar-refractivity contribution in [2.24, 2.45) is 0 Å². The van der Waals surface area contributed by atoms with Crippen LogP contribution >= 0.6 is 11.8 Å². The smallest absolute Gasteiger partial charge is 0.254 e. The molecule has 4 nitrogen and oxygen atoms in total. The van der Waals surface area contributed by atoms with Gasteiger partial charge in [0.1, 0.15) is 5.82 Å². The molecule has 1 amide bonds. The van der Waals surface area contributed by atoms with Crippen LogP contribution < -0.4 is 0 Å². The first-order valence-corrected chi connectivity index (χ1v) is 9.40. The SMILES string of the molecule is CSc1ncc(-c2ccc(CN3Cc4ccccc4C3=O)c(F)c2)cn1. The maximum atomic E-state index is 14.6. The molecule has 0 atom stereocenters. The first-order valence-electron chi connectivity index (χ1n) is 8.17. The average Bonchev–Trinajstić information content (AvgIpc) is 2.99. The average molecular weight is 365 g/mol. The van der Waals surface area contributed by atoms with Gasteiger partial charge in [-0.2, -0.15) is 0 Å². The predicted molar refractivity (Wildman–Crippen MR) is 99.2 cm³/mol. The van der Waals surface area contributed by atoms with Gasteiger partial charge in [0.2, 0.25) is 0 Å². The summed E-state index contributed by atoms with van der Waals surface area (Å²) in [7, 11) is 0. The highest BCUT2D eigenvalue weighted by atomic mass is 32.2. The van der Waals surface area contributed by atoms with Gasteiger partial charge in [0.05, 0.1) is 0 Å². The molecule has 1 aromatic heterocycles. The fraction of sp³-hybridized carbons (Fsp3) is 0.150. The molecule has 3 aromatic rings. The predicted octanol–water partition coefficient (Wildman–Crippen LogP) is 4.16. The molecule has 0 saturated heterocycles. The normalized spacial score (nSPS) is 13.2. The number of carbonyl (C=O) groups excluding carboxylic acids is 1. The van der Waals surface area contributed by atoms with Crippen LogP contribution in [0.15, 0.2) is 60.0 Å². The van der Waals surface area contributed by atoms with E-state index < -0.39 is 0 Å². The third-order valence-electron chi connectivity index (χ3n) is 4.45. The van der Waals surface area contributed by atoms with Gasteiger partial charge in [0.25, 0.3) is 5.91 Å². The molecule has 0 fully saturated rings. The zero-order valence-corrected chi connectivity index (χ0v) is 15.0. The van der Waals surface area contributed by atoms with E-state index in [1.807, 2.05) is 36.6 Å². The minimum absolute atomic E-state index is 0.0508. The Labute approximate surface area is 155 Å². The van der Waals surface area contributed by atoms with Crippen molar-refractivity contribution in [3.05, 3.63) is 77.4 Å². The van der Waals surface area contributed by atoms with E-state index in [9.17, 15) is 9.18 Å². The number of hydrogen-bond acceptors (Lipinski definition) is 4. The zero-order chi connectivity index (χ0) is 18.1. The van der Waals surface area contributed by atoms with Crippen molar-refractivity contribution in [1.82, 2.24) is 14.9 Å². The quantitative estimate of drug-likeness (QED) is 0.514. The van der Waals surface area contributed by atoms with Gasteiger partial charge in [-0.25, -0.2) is 14.4 Å². The summed E-state index contributed by atoms with van der Waals surface area (Å²) in [6.07, 6.45) is 5.28. The second-order valence-electron chi connectivity index (χ2n) is 6.08. The summed E-state index contributed by atoms with van der Waals surface area (Å²) in [6, 6.07) is 12.5. The van der Waals surface area contributed by atoms with Crippen molar-refractivity contribution in [3.63, 3.8) is 0 Å². The maximum Gasteiger partial charge on any atom is 0.254 e. The van der Waals surface area contributed by atoms with Crippen LogP contribution in [-0.4, -0.2) is 27.0 Å². The van der Waals surface area contributed by atoms with E-state index in [0.717, 1.165) is 16.7 Å². The maximum absolute atomic E-state index is 14.6. The number of fused-ring (bicyclic) bond motifs is 1. The minimum Gasteiger partial charge on any atom is -0.330 e. The molecule has 130 valence electrons. The van der Waals surface area contributed by atoms with Crippen LogP contribution in [-0.2, 0) is 13.1 Å². The molecule has 0 spiro atoms. The summed E-state index contributed by atoms with van der Waals surface area (Å²) >= 11 is 1.46. The number of rotatable bonds is 4. The fourth-order valence-corrected chi connectivity index (χ4v) is 3.39. The number of amides is 1. The van der Waals surface area contributed by atoms with E-state index in [1.54, 1.807) is 23.4 Å². The van der Waals surface area contributed by atoms with Gasteiger partial charge in [-0.15, -0.1) is 0 Å². The molecule has 0 unspecified atom stereocenters. The monoisotopic (exact) mass is 365 g/mol. The fourth-order valence-electron chi connectivity index (χ4n) is 3.07. The van der Waals surface area contributed by atoms with Crippen LogP contribution in [0.4, 0.5) is 4.39 Å². The van der Waals surface area contributed by atoms with Gasteiger partial charge >= 0.3 is 0 Å². The minimum atomic E-state index is -0.333. The Balaban J connectivity index is 1.54. The third-order valence-corrected chi connectivity index (χ3v) is 5.03. The summed E-state index contributed by atoms with van der Waals surface area (Å²) in [6.45, 7) is 0.766. The second kappa shape index (κ2) is 6.88. The molecule has 2 aromatic carbocycles. The Morgan fingerprint density at radius 3 is 2.58 bits per heavy atom. The van der Waals surface area contributed by atoms with E-state index in [0.29, 0.717) is 22.8 Å². The lowest BCUT2D eigenvalue weighted by molar-refractivity contribution is 0.0765. The van der Waals surface area contributed by atoms with Gasteiger partial charge < -0.3 is 4.90 Å². The Kier molecular flexibility index (Phi) is 4.42. The van der Waals surface area contributed by atoms with Crippen LogP contribution in [0.1, 0.15) is 21.5 Å². The Morgan fingerprint density at radius 2 is 1.88 bits per heavy atom. The van der Waals surface area contributed by atoms with Gasteiger partial charge in [0, 0.05) is 42.2 Å². The summed E-state index contributed by atoms with van der Waals surface area (Å²) in [5.74, 6) is -0.384. The molecule has 0 saturated carbocycles. The summed E-state index contributed by atoms with van der Waals surface area (Å²) in [5.41, 5.74) is 3.67. The molecule has 0 bridgehead atoms. The van der Waals surface area contributed by atoms with Gasteiger partial charge in [-0.1, -0.05) is 42.1 Å². The van der Waals surface area contributed by atoms with Crippen molar-refractivity contribution in [2.45, 2.75) is 18.2 Å². The molecule has 2 heterocycles. The topological polar surface area (TPSA) is 46.1 Å². The molecule has 1 aliphatic rings. The molecule has 4 rings (SSSR count). The highest BCUT2D eigenvalue weighted by Crippen LogP contribution is 2.27. The number of nitrogens with zero attached hydrogens (tertiary/aromatic N) is 3. The van der Waals surface area contributed by atoms with Gasteiger partial charge in [-0.05, 0) is 29.5 Å². The largest absolute Gasteiger partial charge is 0.330 e. The highest BCUT2D eigenvalue weighted by Gasteiger charge is 2.27. The van der Waals surface area contributed by atoms with Crippen molar-refractivity contribution in [1.29, 1.82) is 0 Å². The molecular formula is C20H16FN3OS. The van der Waals surface area contributed by atoms with Crippen molar-refractivity contribution in [3.8, 4) is 11.1 Å². The van der Waals surface area contributed by atoms with E-state index >= 15 is 0 Å². The molecular weight excluding hydrogens is 349 g/mol. The van der Waals surface area contributed by atoms with Crippen molar-refractivity contribution in [2.75, 3.05) is 6.26 Å². The van der Waals surface area contributed by atoms with Crippen molar-refractivity contribution >= 4 is 17.7 Å². The summed E-state index contributed by atoms with van der Waals surface area (Å²) in [4.78, 5) is 22.5. The van der Waals surface area contributed by atoms with E-state index in [2.05, 4.69) is 9.97 Å². The lowest BCUT2D eigenvalue weighted by Crippen LogP contribution is -2.23. The van der Waals surface area contributed by atoms with Crippen LogP contribution in [0.2, 0.25) is 0 Å². The molecule has 0 radical (unpaired) electrons. The number of hydrogen-bond donors (Lipinski definition) is 0. The first kappa shape index (κ1) is 16.7. The van der Waals surface area contributed by atoms with Gasteiger partial charge in [-0.3, -0.25) is 4.79 Å². The first-order chi connectivity index (χ1) is 12.7. The Bertz CT molecular complexity index is 975. The Morgan fingerprint density at radius 1 is 1.12 bits per heavy atom. The third kappa shape index (κ3) is 3.08. The number of aromatic nitrogens is 2.